The van der Waals surface area contributed by atoms with Crippen LogP contribution < -0.4 is 14.7 Å². The lowest BCUT2D eigenvalue weighted by Gasteiger charge is -2.36. The lowest BCUT2D eigenvalue weighted by Crippen LogP contribution is -2.51. The molecule has 1 unspecified atom stereocenters. The van der Waals surface area contributed by atoms with E-state index in [4.69, 9.17) is 0 Å². The highest BCUT2D eigenvalue weighted by atomic mass is 79.9. The van der Waals surface area contributed by atoms with Crippen LogP contribution in [0.5, 0.6) is 0 Å². The molecule has 2 amide bonds. The number of aromatic nitrogens is 2. The number of carbonyl (C=O) groups excluding carboxylic acids is 2. The van der Waals surface area contributed by atoms with Gasteiger partial charge in [0.15, 0.2) is 0 Å². The SMILES string of the molecule is Cc1cc(N(C)C)nc(N2CCN(C(=O)C3CC(=O)N(c4cccc(Br)c4)C3)CC2)n1. The van der Waals surface area contributed by atoms with Crippen LogP contribution in [-0.4, -0.2) is 73.5 Å². The molecule has 4 rings (SSSR count). The van der Waals surface area contributed by atoms with Crippen LogP contribution in [0.1, 0.15) is 12.1 Å². The maximum absolute atomic E-state index is 13.1. The normalized spacial score (nSPS) is 19.2. The summed E-state index contributed by atoms with van der Waals surface area (Å²) in [6.07, 6.45) is 0.263. The Kier molecular flexibility index (Phi) is 6.13. The van der Waals surface area contributed by atoms with Gasteiger partial charge < -0.3 is 19.6 Å². The van der Waals surface area contributed by atoms with E-state index < -0.39 is 0 Å². The summed E-state index contributed by atoms with van der Waals surface area (Å²) in [7, 11) is 3.92. The fourth-order valence-corrected chi connectivity index (χ4v) is 4.45. The number of nitrogens with zero attached hydrogens (tertiary/aromatic N) is 6. The van der Waals surface area contributed by atoms with Crippen molar-refractivity contribution in [3.8, 4) is 0 Å². The van der Waals surface area contributed by atoms with Gasteiger partial charge in [0.05, 0.1) is 5.92 Å². The Morgan fingerprint density at radius 3 is 2.55 bits per heavy atom. The quantitative estimate of drug-likeness (QED) is 0.660. The molecule has 8 nitrogen and oxygen atoms in total. The first-order valence-corrected chi connectivity index (χ1v) is 11.2. The largest absolute Gasteiger partial charge is 0.363 e. The van der Waals surface area contributed by atoms with Crippen LogP contribution in [0, 0.1) is 12.8 Å². The van der Waals surface area contributed by atoms with E-state index in [-0.39, 0.29) is 24.2 Å². The number of hydrogen-bond donors (Lipinski definition) is 0. The van der Waals surface area contributed by atoms with Crippen LogP contribution >= 0.6 is 15.9 Å². The van der Waals surface area contributed by atoms with Gasteiger partial charge in [-0.1, -0.05) is 22.0 Å². The molecule has 0 radical (unpaired) electrons. The first kappa shape index (κ1) is 21.5. The van der Waals surface area contributed by atoms with E-state index in [1.165, 1.54) is 0 Å². The molecule has 2 fully saturated rings. The lowest BCUT2D eigenvalue weighted by molar-refractivity contribution is -0.136. The number of hydrogen-bond acceptors (Lipinski definition) is 6. The molecule has 2 aromatic rings. The molecule has 31 heavy (non-hydrogen) atoms. The monoisotopic (exact) mass is 486 g/mol. The van der Waals surface area contributed by atoms with Gasteiger partial charge in [0.2, 0.25) is 17.8 Å². The van der Waals surface area contributed by atoms with Crippen molar-refractivity contribution in [1.82, 2.24) is 14.9 Å². The Hall–Kier alpha value is -2.68. The van der Waals surface area contributed by atoms with E-state index in [0.717, 1.165) is 21.7 Å². The van der Waals surface area contributed by atoms with Crippen molar-refractivity contribution in [1.29, 1.82) is 0 Å². The van der Waals surface area contributed by atoms with Crippen LogP contribution in [0.2, 0.25) is 0 Å². The standard InChI is InChI=1S/C22H27BrN6O2/c1-15-11-19(26(2)3)25-22(24-15)28-9-7-27(8-10-28)21(31)16-12-20(30)29(14-16)18-6-4-5-17(23)13-18/h4-6,11,13,16H,7-10,12,14H2,1-3H3. The molecule has 3 heterocycles. The zero-order chi connectivity index (χ0) is 22.1. The van der Waals surface area contributed by atoms with E-state index >= 15 is 0 Å². The third-order valence-electron chi connectivity index (χ3n) is 5.76. The van der Waals surface area contributed by atoms with Crippen molar-refractivity contribution in [2.45, 2.75) is 13.3 Å². The highest BCUT2D eigenvalue weighted by Crippen LogP contribution is 2.28. The van der Waals surface area contributed by atoms with E-state index in [9.17, 15) is 9.59 Å². The Bertz CT molecular complexity index is 990. The number of aryl methyl sites for hydroxylation is 1. The lowest BCUT2D eigenvalue weighted by atomic mass is 10.1. The Balaban J connectivity index is 1.38. The molecular weight excluding hydrogens is 460 g/mol. The molecule has 2 aliphatic heterocycles. The summed E-state index contributed by atoms with van der Waals surface area (Å²) >= 11 is 3.45. The molecule has 2 saturated heterocycles. The van der Waals surface area contributed by atoms with Gasteiger partial charge in [-0.05, 0) is 25.1 Å². The van der Waals surface area contributed by atoms with E-state index in [2.05, 4.69) is 30.8 Å². The maximum atomic E-state index is 13.1. The number of benzene rings is 1. The van der Waals surface area contributed by atoms with Gasteiger partial charge in [-0.2, -0.15) is 4.98 Å². The summed E-state index contributed by atoms with van der Waals surface area (Å²) in [6.45, 7) is 4.97. The maximum Gasteiger partial charge on any atom is 0.228 e. The Morgan fingerprint density at radius 2 is 1.87 bits per heavy atom. The molecule has 0 spiro atoms. The fourth-order valence-electron chi connectivity index (χ4n) is 4.06. The molecule has 1 aromatic carbocycles. The third kappa shape index (κ3) is 4.66. The Labute approximate surface area is 191 Å². The van der Waals surface area contributed by atoms with Crippen molar-refractivity contribution in [3.63, 3.8) is 0 Å². The molecular formula is C22H27BrN6O2. The van der Waals surface area contributed by atoms with E-state index in [0.29, 0.717) is 38.7 Å². The number of carbonyl (C=O) groups is 2. The van der Waals surface area contributed by atoms with Crippen LogP contribution in [0.25, 0.3) is 0 Å². The number of amides is 2. The Morgan fingerprint density at radius 1 is 1.13 bits per heavy atom. The van der Waals surface area contributed by atoms with Crippen molar-refractivity contribution in [2.24, 2.45) is 5.92 Å². The first-order valence-electron chi connectivity index (χ1n) is 10.4. The molecule has 1 atom stereocenters. The average molecular weight is 487 g/mol. The second-order valence-electron chi connectivity index (χ2n) is 8.26. The highest BCUT2D eigenvalue weighted by molar-refractivity contribution is 9.10. The fraction of sp³-hybridized carbons (Fsp3) is 0.455. The van der Waals surface area contributed by atoms with Crippen LogP contribution in [0.4, 0.5) is 17.5 Å². The van der Waals surface area contributed by atoms with Crippen molar-refractivity contribution in [3.05, 3.63) is 40.5 Å². The van der Waals surface area contributed by atoms with E-state index in [1.54, 1.807) is 4.90 Å². The van der Waals surface area contributed by atoms with Gasteiger partial charge in [-0.3, -0.25) is 9.59 Å². The predicted octanol–water partition coefficient (Wildman–Crippen LogP) is 2.32. The number of piperazine rings is 1. The van der Waals surface area contributed by atoms with Gasteiger partial charge in [0, 0.05) is 75.2 Å². The van der Waals surface area contributed by atoms with Gasteiger partial charge in [-0.25, -0.2) is 4.98 Å². The first-order chi connectivity index (χ1) is 14.8. The van der Waals surface area contributed by atoms with Gasteiger partial charge in [0.25, 0.3) is 0 Å². The summed E-state index contributed by atoms with van der Waals surface area (Å²) in [5.74, 6) is 1.34. The molecule has 0 N–H and O–H groups in total. The smallest absolute Gasteiger partial charge is 0.228 e. The minimum absolute atomic E-state index is 0.000499. The van der Waals surface area contributed by atoms with E-state index in [1.807, 2.05) is 61.2 Å². The summed E-state index contributed by atoms with van der Waals surface area (Å²) in [5, 5.41) is 0. The summed E-state index contributed by atoms with van der Waals surface area (Å²) in [4.78, 5) is 42.6. The predicted molar refractivity (Wildman–Crippen MR) is 124 cm³/mol. The average Bonchev–Trinajstić information content (AvgIpc) is 3.14. The molecule has 164 valence electrons. The van der Waals surface area contributed by atoms with Gasteiger partial charge in [0.1, 0.15) is 5.82 Å². The zero-order valence-corrected chi connectivity index (χ0v) is 19.7. The molecule has 9 heteroatoms. The number of rotatable bonds is 4. The third-order valence-corrected chi connectivity index (χ3v) is 6.25. The number of halogens is 1. The molecule has 0 bridgehead atoms. The summed E-state index contributed by atoms with van der Waals surface area (Å²) < 4.78 is 0.916. The number of anilines is 3. The van der Waals surface area contributed by atoms with Crippen molar-refractivity contribution < 1.29 is 9.59 Å². The molecule has 0 aliphatic carbocycles. The van der Waals surface area contributed by atoms with Crippen molar-refractivity contribution >= 4 is 45.2 Å². The van der Waals surface area contributed by atoms with Crippen LogP contribution in [0.3, 0.4) is 0 Å². The van der Waals surface area contributed by atoms with Crippen LogP contribution in [-0.2, 0) is 9.59 Å². The van der Waals surface area contributed by atoms with Crippen LogP contribution in [0.15, 0.2) is 34.8 Å². The summed E-state index contributed by atoms with van der Waals surface area (Å²) in [6, 6.07) is 9.59. The van der Waals surface area contributed by atoms with Gasteiger partial charge >= 0.3 is 0 Å². The minimum atomic E-state index is -0.298. The zero-order valence-electron chi connectivity index (χ0n) is 18.1. The van der Waals surface area contributed by atoms with Crippen molar-refractivity contribution in [2.75, 3.05) is 61.5 Å². The highest BCUT2D eigenvalue weighted by Gasteiger charge is 2.38. The molecule has 2 aliphatic rings. The summed E-state index contributed by atoms with van der Waals surface area (Å²) in [5.41, 5.74) is 1.75. The minimum Gasteiger partial charge on any atom is -0.363 e. The second-order valence-corrected chi connectivity index (χ2v) is 9.18. The molecule has 1 aromatic heterocycles. The second kappa shape index (κ2) is 8.82. The topological polar surface area (TPSA) is 72.9 Å². The van der Waals surface area contributed by atoms with Gasteiger partial charge in [-0.15, -0.1) is 0 Å². The molecule has 0 saturated carbocycles.